The van der Waals surface area contributed by atoms with Gasteiger partial charge < -0.3 is 79.1 Å². The molecule has 45 heavy (non-hydrogen) atoms. The molecular formula is C28H50O17. The van der Waals surface area contributed by atoms with Crippen LogP contribution in [0.15, 0.2) is 0 Å². The molecule has 0 aromatic rings. The molecule has 0 spiro atoms. The highest BCUT2D eigenvalue weighted by Crippen LogP contribution is 2.33. The second-order valence-electron chi connectivity index (χ2n) is 11.5. The molecule has 3 fully saturated rings. The molecule has 0 saturated carbocycles. The molecule has 264 valence electrons. The minimum Gasteiger partial charge on any atom is -0.469 e. The first kappa shape index (κ1) is 38.3. The van der Waals surface area contributed by atoms with Crippen LogP contribution in [0.5, 0.6) is 0 Å². The SMILES string of the molecule is COC(=O)CCCCCCCCO[C@H]1O[C@H](CO)[C@@H](O)[C@H](O[C@H]2O[C@H](CO)[C@@H](O)[C@H](O)[C@H]2O[C@@H]2C[C@@H](O)[C@H](O)[C@@H](CO)O2)[C@H]1O. The van der Waals surface area contributed by atoms with Crippen molar-refractivity contribution in [1.29, 1.82) is 0 Å². The molecule has 3 aliphatic heterocycles. The highest BCUT2D eigenvalue weighted by atomic mass is 16.8. The first-order valence-corrected chi connectivity index (χ1v) is 15.4. The third-order valence-electron chi connectivity index (χ3n) is 8.25. The van der Waals surface area contributed by atoms with Crippen molar-refractivity contribution in [3.63, 3.8) is 0 Å². The Morgan fingerprint density at radius 3 is 1.87 bits per heavy atom. The third-order valence-corrected chi connectivity index (χ3v) is 8.25. The van der Waals surface area contributed by atoms with Crippen molar-refractivity contribution >= 4 is 5.97 Å². The largest absolute Gasteiger partial charge is 0.469 e. The smallest absolute Gasteiger partial charge is 0.305 e. The van der Waals surface area contributed by atoms with E-state index in [0.717, 1.165) is 32.1 Å². The van der Waals surface area contributed by atoms with Crippen LogP contribution in [0.2, 0.25) is 0 Å². The van der Waals surface area contributed by atoms with Gasteiger partial charge in [0.15, 0.2) is 18.9 Å². The molecule has 0 aliphatic carbocycles. The van der Waals surface area contributed by atoms with Crippen LogP contribution in [0.25, 0.3) is 0 Å². The average Bonchev–Trinajstić information content (AvgIpc) is 3.03. The van der Waals surface area contributed by atoms with Crippen LogP contribution in [0.1, 0.15) is 51.4 Å². The summed E-state index contributed by atoms with van der Waals surface area (Å²) in [5, 5.41) is 92.5. The Bertz CT molecular complexity index is 852. The number of carbonyl (C=O) groups excluding carboxylic acids is 1. The summed E-state index contributed by atoms with van der Waals surface area (Å²) in [6.07, 6.45) is -15.7. The first-order chi connectivity index (χ1) is 21.6. The van der Waals surface area contributed by atoms with Crippen LogP contribution in [-0.4, -0.2) is 171 Å². The Balaban J connectivity index is 1.61. The van der Waals surface area contributed by atoms with Gasteiger partial charge in [-0.1, -0.05) is 25.7 Å². The average molecular weight is 659 g/mol. The second-order valence-corrected chi connectivity index (χ2v) is 11.5. The van der Waals surface area contributed by atoms with Gasteiger partial charge in [0, 0.05) is 19.4 Å². The molecule has 17 nitrogen and oxygen atoms in total. The lowest BCUT2D eigenvalue weighted by Gasteiger charge is -2.48. The number of hydrogen-bond donors (Lipinski definition) is 9. The Morgan fingerprint density at radius 1 is 0.644 bits per heavy atom. The molecule has 0 unspecified atom stereocenters. The number of hydrogen-bond acceptors (Lipinski definition) is 17. The topological polar surface area (TPSA) is 264 Å². The number of unbranched alkanes of at least 4 members (excludes halogenated alkanes) is 5. The Hall–Kier alpha value is -1.13. The zero-order chi connectivity index (χ0) is 33.1. The summed E-state index contributed by atoms with van der Waals surface area (Å²) in [5.41, 5.74) is 0. The first-order valence-electron chi connectivity index (χ1n) is 15.4. The van der Waals surface area contributed by atoms with E-state index in [1.165, 1.54) is 7.11 Å². The summed E-state index contributed by atoms with van der Waals surface area (Å²) in [6, 6.07) is 0. The lowest BCUT2D eigenvalue weighted by Crippen LogP contribution is -2.66. The molecule has 0 amide bonds. The van der Waals surface area contributed by atoms with E-state index in [9.17, 15) is 50.8 Å². The minimum absolute atomic E-state index is 0.174. The predicted molar refractivity (Wildman–Crippen MR) is 148 cm³/mol. The van der Waals surface area contributed by atoms with E-state index in [-0.39, 0.29) is 19.0 Å². The van der Waals surface area contributed by atoms with E-state index in [0.29, 0.717) is 12.8 Å². The quantitative estimate of drug-likeness (QED) is 0.0539. The van der Waals surface area contributed by atoms with Gasteiger partial charge in [0.25, 0.3) is 0 Å². The normalized spacial score (nSPS) is 40.8. The summed E-state index contributed by atoms with van der Waals surface area (Å²) < 4.78 is 38.6. The number of rotatable bonds is 17. The molecule has 3 aliphatic rings. The van der Waals surface area contributed by atoms with Crippen LogP contribution in [-0.2, 0) is 38.0 Å². The van der Waals surface area contributed by atoms with Gasteiger partial charge in [-0.05, 0) is 12.8 Å². The fraction of sp³-hybridized carbons (Fsp3) is 0.964. The van der Waals surface area contributed by atoms with Crippen LogP contribution in [0.3, 0.4) is 0 Å². The Labute approximate surface area is 261 Å². The van der Waals surface area contributed by atoms with E-state index >= 15 is 0 Å². The highest BCUT2D eigenvalue weighted by molar-refractivity contribution is 5.68. The van der Waals surface area contributed by atoms with Crippen molar-refractivity contribution in [1.82, 2.24) is 0 Å². The van der Waals surface area contributed by atoms with Gasteiger partial charge >= 0.3 is 5.97 Å². The summed E-state index contributed by atoms with van der Waals surface area (Å²) >= 11 is 0. The molecule has 0 aromatic carbocycles. The molecular weight excluding hydrogens is 608 g/mol. The maximum absolute atomic E-state index is 11.2. The van der Waals surface area contributed by atoms with Gasteiger partial charge in [-0.15, -0.1) is 0 Å². The van der Waals surface area contributed by atoms with Crippen molar-refractivity contribution in [3.05, 3.63) is 0 Å². The molecule has 3 heterocycles. The number of methoxy groups -OCH3 is 1. The van der Waals surface area contributed by atoms with E-state index in [2.05, 4.69) is 4.74 Å². The lowest BCUT2D eigenvalue weighted by molar-refractivity contribution is -0.380. The van der Waals surface area contributed by atoms with Crippen molar-refractivity contribution in [2.75, 3.05) is 33.5 Å². The molecule has 0 radical (unpaired) electrons. The zero-order valence-electron chi connectivity index (χ0n) is 25.4. The number of ether oxygens (including phenoxy) is 7. The minimum atomic E-state index is -1.75. The highest BCUT2D eigenvalue weighted by Gasteiger charge is 2.52. The molecule has 0 bridgehead atoms. The number of aliphatic hydroxyl groups is 9. The van der Waals surface area contributed by atoms with Crippen LogP contribution < -0.4 is 0 Å². The fourth-order valence-corrected chi connectivity index (χ4v) is 5.53. The molecule has 17 heteroatoms. The van der Waals surface area contributed by atoms with Crippen LogP contribution in [0.4, 0.5) is 0 Å². The molecule has 3 rings (SSSR count). The molecule has 9 N–H and O–H groups in total. The van der Waals surface area contributed by atoms with E-state index in [1.807, 2.05) is 0 Å². The van der Waals surface area contributed by atoms with Crippen molar-refractivity contribution < 1.29 is 83.9 Å². The van der Waals surface area contributed by atoms with E-state index in [4.69, 9.17) is 28.4 Å². The summed E-state index contributed by atoms with van der Waals surface area (Å²) in [5.74, 6) is -0.238. The van der Waals surface area contributed by atoms with Crippen LogP contribution >= 0.6 is 0 Å². The summed E-state index contributed by atoms with van der Waals surface area (Å²) in [4.78, 5) is 11.2. The van der Waals surface area contributed by atoms with Crippen molar-refractivity contribution in [2.24, 2.45) is 0 Å². The standard InChI is InChI=1S/C28H50O17/c1-39-18(33)8-6-4-2-3-5-7-9-40-27-24(38)25(22(36)17(13-31)42-27)45-28-26(23(37)21(35)16(12-30)43-28)44-19-10-14(32)20(34)15(11-29)41-19/h14-17,19-32,34-38H,2-13H2,1H3/t14-,15-,16-,17-,19-,20+,21-,22-,23+,24-,25+,26-,27+,28-/m1/s1. The predicted octanol–water partition coefficient (Wildman–Crippen LogP) is -3.62. The van der Waals surface area contributed by atoms with Gasteiger partial charge in [0.2, 0.25) is 0 Å². The second kappa shape index (κ2) is 19.0. The van der Waals surface area contributed by atoms with Gasteiger partial charge in [-0.25, -0.2) is 0 Å². The molecule has 0 aromatic heterocycles. The van der Waals surface area contributed by atoms with Crippen molar-refractivity contribution in [2.45, 2.75) is 137 Å². The van der Waals surface area contributed by atoms with Gasteiger partial charge in [0.1, 0.15) is 61.0 Å². The van der Waals surface area contributed by atoms with Gasteiger partial charge in [0.05, 0.1) is 33.0 Å². The zero-order valence-corrected chi connectivity index (χ0v) is 25.4. The molecule has 14 atom stereocenters. The summed E-state index contributed by atoms with van der Waals surface area (Å²) in [6.45, 7) is -1.88. The fourth-order valence-electron chi connectivity index (χ4n) is 5.53. The van der Waals surface area contributed by atoms with Crippen molar-refractivity contribution in [3.8, 4) is 0 Å². The van der Waals surface area contributed by atoms with Gasteiger partial charge in [-0.2, -0.15) is 0 Å². The number of esters is 1. The Kier molecular flexibility index (Phi) is 16.2. The third kappa shape index (κ3) is 10.4. The maximum atomic E-state index is 11.2. The number of carbonyl (C=O) groups is 1. The van der Waals surface area contributed by atoms with E-state index < -0.39 is 106 Å². The van der Waals surface area contributed by atoms with Crippen LogP contribution in [0, 0.1) is 0 Å². The Morgan fingerprint density at radius 2 is 1.22 bits per heavy atom. The van der Waals surface area contributed by atoms with Gasteiger partial charge in [-0.3, -0.25) is 4.79 Å². The summed E-state index contributed by atoms with van der Waals surface area (Å²) in [7, 11) is 1.35. The molecule has 3 saturated heterocycles. The monoisotopic (exact) mass is 658 g/mol. The maximum Gasteiger partial charge on any atom is 0.305 e. The van der Waals surface area contributed by atoms with E-state index in [1.54, 1.807) is 0 Å². The number of aliphatic hydroxyl groups excluding tert-OH is 9. The lowest BCUT2D eigenvalue weighted by atomic mass is 9.96.